The van der Waals surface area contributed by atoms with Crippen LogP contribution < -0.4 is 5.32 Å². The van der Waals surface area contributed by atoms with Gasteiger partial charge in [-0.25, -0.2) is 13.8 Å². The second kappa shape index (κ2) is 6.71. The van der Waals surface area contributed by atoms with Crippen LogP contribution >= 0.6 is 11.3 Å². The predicted molar refractivity (Wildman–Crippen MR) is 88.3 cm³/mol. The highest BCUT2D eigenvalue weighted by Crippen LogP contribution is 2.26. The van der Waals surface area contributed by atoms with Crippen LogP contribution in [0.5, 0.6) is 0 Å². The van der Waals surface area contributed by atoms with E-state index in [2.05, 4.69) is 15.4 Å². The van der Waals surface area contributed by atoms with Gasteiger partial charge in [-0.2, -0.15) is 5.10 Å². The molecule has 5 nitrogen and oxygen atoms in total. The van der Waals surface area contributed by atoms with Crippen molar-refractivity contribution in [2.75, 3.05) is 5.32 Å². The van der Waals surface area contributed by atoms with Gasteiger partial charge in [-0.1, -0.05) is 0 Å². The number of thiazole rings is 1. The summed E-state index contributed by atoms with van der Waals surface area (Å²) in [5.74, 6) is -2.20. The number of rotatable bonds is 4. The summed E-state index contributed by atoms with van der Waals surface area (Å²) < 4.78 is 27.8. The molecule has 0 aliphatic heterocycles. The molecule has 0 radical (unpaired) electrons. The number of hydrogen-bond donors (Lipinski definition) is 1. The maximum atomic E-state index is 13.3. The normalized spacial score (nSPS) is 11.1. The molecule has 0 atom stereocenters. The summed E-state index contributed by atoms with van der Waals surface area (Å²) in [6, 6.07) is 3.54. The van der Waals surface area contributed by atoms with Gasteiger partial charge in [0.1, 0.15) is 0 Å². The highest BCUT2D eigenvalue weighted by atomic mass is 32.1. The maximum absolute atomic E-state index is 13.3. The number of halogens is 2. The van der Waals surface area contributed by atoms with Gasteiger partial charge in [-0.3, -0.25) is 14.8 Å². The Bertz CT molecular complexity index is 916. The second-order valence-electron chi connectivity index (χ2n) is 4.94. The number of carbonyl (C=O) groups is 1. The van der Waals surface area contributed by atoms with Crippen molar-refractivity contribution in [2.45, 2.75) is 0 Å². The molecule has 3 aromatic rings. The summed E-state index contributed by atoms with van der Waals surface area (Å²) in [7, 11) is 1.78. The summed E-state index contributed by atoms with van der Waals surface area (Å²) in [5.41, 5.74) is 1.70. The van der Waals surface area contributed by atoms with Crippen LogP contribution in [-0.2, 0) is 11.8 Å². The predicted octanol–water partition coefficient (Wildman–Crippen LogP) is 3.47. The van der Waals surface area contributed by atoms with Crippen LogP contribution in [0.2, 0.25) is 0 Å². The van der Waals surface area contributed by atoms with Gasteiger partial charge in [-0.15, -0.1) is 11.3 Å². The molecule has 0 saturated heterocycles. The molecule has 122 valence electrons. The summed E-state index contributed by atoms with van der Waals surface area (Å²) in [4.78, 5) is 16.1. The van der Waals surface area contributed by atoms with E-state index in [4.69, 9.17) is 0 Å². The number of amides is 1. The van der Waals surface area contributed by atoms with E-state index in [1.54, 1.807) is 35.6 Å². The molecular weight excluding hydrogens is 334 g/mol. The third-order valence-corrected chi connectivity index (χ3v) is 3.86. The summed E-state index contributed by atoms with van der Waals surface area (Å²) in [6.45, 7) is 0. The number of nitrogens with one attached hydrogen (secondary N) is 1. The largest absolute Gasteiger partial charge is 0.298 e. The molecule has 3 rings (SSSR count). The summed E-state index contributed by atoms with van der Waals surface area (Å²) >= 11 is 1.20. The average molecular weight is 346 g/mol. The summed E-state index contributed by atoms with van der Waals surface area (Å²) in [6.07, 6.45) is 6.41. The highest BCUT2D eigenvalue weighted by molar-refractivity contribution is 7.14. The fraction of sp³-hybridized carbons (Fsp3) is 0.0625. The maximum Gasteiger partial charge on any atom is 0.250 e. The number of anilines is 1. The zero-order valence-electron chi connectivity index (χ0n) is 12.5. The van der Waals surface area contributed by atoms with Crippen molar-refractivity contribution >= 4 is 28.5 Å². The molecule has 0 saturated carbocycles. The first-order valence-corrected chi connectivity index (χ1v) is 7.78. The highest BCUT2D eigenvalue weighted by Gasteiger charge is 2.09. The second-order valence-corrected chi connectivity index (χ2v) is 5.79. The van der Waals surface area contributed by atoms with Crippen molar-refractivity contribution in [3.05, 3.63) is 59.2 Å². The zero-order chi connectivity index (χ0) is 17.1. The lowest BCUT2D eigenvalue weighted by atomic mass is 10.2. The third-order valence-electron chi connectivity index (χ3n) is 3.10. The minimum absolute atomic E-state index is 0.343. The van der Waals surface area contributed by atoms with Crippen LogP contribution in [0.1, 0.15) is 5.56 Å². The van der Waals surface area contributed by atoms with E-state index in [-0.39, 0.29) is 5.91 Å². The first-order chi connectivity index (χ1) is 11.5. The molecular formula is C16H12F2N4OS. The molecule has 0 bridgehead atoms. The van der Waals surface area contributed by atoms with Gasteiger partial charge < -0.3 is 0 Å². The van der Waals surface area contributed by atoms with Gasteiger partial charge in [0.15, 0.2) is 16.8 Å². The Morgan fingerprint density at radius 1 is 1.33 bits per heavy atom. The molecule has 0 aliphatic rings. The van der Waals surface area contributed by atoms with Gasteiger partial charge in [-0.05, 0) is 24.3 Å². The van der Waals surface area contributed by atoms with Gasteiger partial charge in [0.2, 0.25) is 5.91 Å². The van der Waals surface area contributed by atoms with Crippen molar-refractivity contribution in [1.29, 1.82) is 0 Å². The quantitative estimate of drug-likeness (QED) is 0.736. The Balaban J connectivity index is 1.68. The number of aromatic nitrogens is 3. The number of carbonyl (C=O) groups excluding carboxylic acids is 1. The number of hydrogen-bond acceptors (Lipinski definition) is 4. The van der Waals surface area contributed by atoms with Crippen molar-refractivity contribution in [1.82, 2.24) is 14.8 Å². The fourth-order valence-electron chi connectivity index (χ4n) is 1.96. The van der Waals surface area contributed by atoms with Gasteiger partial charge in [0.25, 0.3) is 0 Å². The van der Waals surface area contributed by atoms with Crippen molar-refractivity contribution in [3.63, 3.8) is 0 Å². The summed E-state index contributed by atoms with van der Waals surface area (Å²) in [5, 5.41) is 8.65. The lowest BCUT2D eigenvalue weighted by molar-refractivity contribution is -0.111. The van der Waals surface area contributed by atoms with E-state index in [1.165, 1.54) is 23.5 Å². The molecule has 0 unspecified atom stereocenters. The van der Waals surface area contributed by atoms with Crippen LogP contribution in [0, 0.1) is 11.6 Å². The molecule has 0 fully saturated rings. The first kappa shape index (κ1) is 16.0. The standard InChI is InChI=1S/C16H12F2N4OS/c1-22-8-10(7-19-22)2-5-15(23)21-16-20-14(9-24-16)11-3-4-12(17)13(18)6-11/h2-9H,1H3,(H,20,21,23). The van der Waals surface area contributed by atoms with E-state index in [0.29, 0.717) is 16.4 Å². The minimum atomic E-state index is -0.939. The van der Waals surface area contributed by atoms with E-state index < -0.39 is 11.6 Å². The molecule has 8 heteroatoms. The average Bonchev–Trinajstić information content (AvgIpc) is 3.17. The van der Waals surface area contributed by atoms with E-state index in [9.17, 15) is 13.6 Å². The molecule has 2 heterocycles. The van der Waals surface area contributed by atoms with Crippen LogP contribution in [0.15, 0.2) is 42.0 Å². The molecule has 0 aliphatic carbocycles. The first-order valence-electron chi connectivity index (χ1n) is 6.90. The Labute approximate surface area is 140 Å². The smallest absolute Gasteiger partial charge is 0.250 e. The van der Waals surface area contributed by atoms with E-state index >= 15 is 0 Å². The van der Waals surface area contributed by atoms with E-state index in [0.717, 1.165) is 17.7 Å². The molecule has 1 amide bonds. The number of nitrogens with zero attached hydrogens (tertiary/aromatic N) is 3. The minimum Gasteiger partial charge on any atom is -0.298 e. The van der Waals surface area contributed by atoms with Crippen LogP contribution in [0.4, 0.5) is 13.9 Å². The molecule has 0 spiro atoms. The van der Waals surface area contributed by atoms with Crippen LogP contribution in [0.3, 0.4) is 0 Å². The third kappa shape index (κ3) is 3.72. The SMILES string of the molecule is Cn1cc(C=CC(=O)Nc2nc(-c3ccc(F)c(F)c3)cs2)cn1. The van der Waals surface area contributed by atoms with Gasteiger partial charge >= 0.3 is 0 Å². The fourth-order valence-corrected chi connectivity index (χ4v) is 2.69. The Morgan fingerprint density at radius 3 is 2.88 bits per heavy atom. The Hall–Kier alpha value is -2.87. The molecule has 2 aromatic heterocycles. The molecule has 1 N–H and O–H groups in total. The van der Waals surface area contributed by atoms with Gasteiger partial charge in [0, 0.05) is 35.8 Å². The lowest BCUT2D eigenvalue weighted by Crippen LogP contribution is -2.07. The molecule has 24 heavy (non-hydrogen) atoms. The Morgan fingerprint density at radius 2 is 2.17 bits per heavy atom. The van der Waals surface area contributed by atoms with E-state index in [1.807, 2.05) is 0 Å². The zero-order valence-corrected chi connectivity index (χ0v) is 13.3. The lowest BCUT2D eigenvalue weighted by Gasteiger charge is -1.98. The molecule has 1 aromatic carbocycles. The monoisotopic (exact) mass is 346 g/mol. The van der Waals surface area contributed by atoms with Crippen molar-refractivity contribution < 1.29 is 13.6 Å². The van der Waals surface area contributed by atoms with Crippen LogP contribution in [-0.4, -0.2) is 20.7 Å². The number of aryl methyl sites for hydroxylation is 1. The Kier molecular flexibility index (Phi) is 4.48. The van der Waals surface area contributed by atoms with Crippen LogP contribution in [0.25, 0.3) is 17.3 Å². The van der Waals surface area contributed by atoms with Gasteiger partial charge in [0.05, 0.1) is 11.9 Å². The van der Waals surface area contributed by atoms with Crippen molar-refractivity contribution in [2.24, 2.45) is 7.05 Å². The van der Waals surface area contributed by atoms with Crippen molar-refractivity contribution in [3.8, 4) is 11.3 Å². The topological polar surface area (TPSA) is 59.8 Å². The number of benzene rings is 1.